The molecule has 1 saturated heterocycles. The summed E-state index contributed by atoms with van der Waals surface area (Å²) in [5.41, 5.74) is 1.86. The first kappa shape index (κ1) is 41.6. The third-order valence-corrected chi connectivity index (χ3v) is 14.6. The Labute approximate surface area is 332 Å². The number of fused-ring (bicyclic) bond motifs is 1. The predicted molar refractivity (Wildman–Crippen MR) is 218 cm³/mol. The van der Waals surface area contributed by atoms with E-state index in [4.69, 9.17) is 24.2 Å². The lowest BCUT2D eigenvalue weighted by atomic mass is 10.0. The fourth-order valence-corrected chi connectivity index (χ4v) is 10.6. The molecule has 56 heavy (non-hydrogen) atoms. The van der Waals surface area contributed by atoms with E-state index in [1.165, 1.54) is 16.2 Å². The minimum absolute atomic E-state index is 0.0470. The smallest absolute Gasteiger partial charge is 0.408 e. The largest absolute Gasteiger partial charge is 0.497 e. The van der Waals surface area contributed by atoms with Crippen molar-refractivity contribution in [1.82, 2.24) is 25.5 Å². The van der Waals surface area contributed by atoms with Crippen molar-refractivity contribution >= 4 is 52.5 Å². The van der Waals surface area contributed by atoms with Crippen LogP contribution in [0.15, 0.2) is 42.3 Å². The Balaban J connectivity index is 1.30. The van der Waals surface area contributed by atoms with Gasteiger partial charge in [-0.15, -0.1) is 17.9 Å². The molecular weight excluding hydrogens is 756 g/mol. The molecule has 2 aromatic heterocycles. The molecule has 304 valence electrons. The zero-order chi connectivity index (χ0) is 40.4. The molecule has 0 radical (unpaired) electrons. The van der Waals surface area contributed by atoms with Crippen LogP contribution < -0.4 is 25.4 Å². The van der Waals surface area contributed by atoms with E-state index in [-0.39, 0.29) is 55.4 Å². The Hall–Kier alpha value is -4.04. The van der Waals surface area contributed by atoms with Crippen molar-refractivity contribution in [3.63, 3.8) is 0 Å². The molecular formula is C40H55N6O8PS. The summed E-state index contributed by atoms with van der Waals surface area (Å²) in [6.45, 7) is 13.0. The number of rotatable bonds is 17. The highest BCUT2D eigenvalue weighted by Gasteiger charge is 2.63. The Morgan fingerprint density at radius 1 is 1.12 bits per heavy atom. The number of alkyl carbamates (subject to hydrolysis) is 1. The van der Waals surface area contributed by atoms with E-state index in [1.807, 2.05) is 57.3 Å². The van der Waals surface area contributed by atoms with Crippen LogP contribution >= 0.6 is 18.7 Å². The number of anilines is 1. The Kier molecular flexibility index (Phi) is 12.8. The number of ketones is 1. The quantitative estimate of drug-likeness (QED) is 0.0851. The summed E-state index contributed by atoms with van der Waals surface area (Å²) in [6, 6.07) is 5.60. The second-order valence-electron chi connectivity index (χ2n) is 15.7. The molecule has 0 bridgehead atoms. The van der Waals surface area contributed by atoms with Gasteiger partial charge in [0.25, 0.3) is 0 Å². The van der Waals surface area contributed by atoms with Crippen molar-refractivity contribution in [2.75, 3.05) is 31.7 Å². The highest BCUT2D eigenvalue weighted by atomic mass is 32.1. The molecule has 3 aliphatic rings. The number of ether oxygens (including phenoxy) is 3. The average molecular weight is 811 g/mol. The van der Waals surface area contributed by atoms with Gasteiger partial charge in [-0.25, -0.2) is 14.8 Å². The SMILES string of the molecule is C=C[C@@H]1C[C@]1(NCC(=O)[C@@H]1C[C@@H](Oc2cc(-c3csc(NC(C)C)n3)nc3cc(OC)ccc23)CN1C(=O)C(NC(=O)OC1CCCC1)C(C)C)P(=O)(O)CC. The summed E-state index contributed by atoms with van der Waals surface area (Å²) in [6.07, 6.45) is 4.29. The Morgan fingerprint density at radius 3 is 2.52 bits per heavy atom. The monoisotopic (exact) mass is 810 g/mol. The van der Waals surface area contributed by atoms with E-state index in [9.17, 15) is 23.8 Å². The first-order valence-electron chi connectivity index (χ1n) is 19.6. The van der Waals surface area contributed by atoms with Crippen LogP contribution in [0.5, 0.6) is 11.5 Å². The topological polar surface area (TPSA) is 181 Å². The Morgan fingerprint density at radius 2 is 1.88 bits per heavy atom. The second-order valence-corrected chi connectivity index (χ2v) is 19.4. The van der Waals surface area contributed by atoms with Crippen LogP contribution in [0.3, 0.4) is 0 Å². The molecule has 2 unspecified atom stereocenters. The molecule has 1 aromatic carbocycles. The average Bonchev–Trinajstić information content (AvgIpc) is 3.54. The van der Waals surface area contributed by atoms with Gasteiger partial charge < -0.3 is 34.6 Å². The van der Waals surface area contributed by atoms with Gasteiger partial charge in [-0.05, 0) is 64.0 Å². The van der Waals surface area contributed by atoms with Gasteiger partial charge in [0.05, 0.1) is 37.5 Å². The molecule has 3 heterocycles. The molecule has 2 amide bonds. The van der Waals surface area contributed by atoms with Crippen LogP contribution in [0, 0.1) is 11.8 Å². The summed E-state index contributed by atoms with van der Waals surface area (Å²) in [5.74, 6) is -0.232. The van der Waals surface area contributed by atoms with Gasteiger partial charge >= 0.3 is 6.09 Å². The minimum atomic E-state index is -3.67. The van der Waals surface area contributed by atoms with Gasteiger partial charge in [0.15, 0.2) is 10.9 Å². The van der Waals surface area contributed by atoms with E-state index in [1.54, 1.807) is 20.1 Å². The van der Waals surface area contributed by atoms with Crippen LogP contribution in [0.1, 0.15) is 73.1 Å². The van der Waals surface area contributed by atoms with Gasteiger partial charge in [0.2, 0.25) is 13.3 Å². The van der Waals surface area contributed by atoms with Gasteiger partial charge in [0, 0.05) is 47.4 Å². The van der Waals surface area contributed by atoms with Crippen molar-refractivity contribution in [2.45, 2.75) is 109 Å². The number of thiazole rings is 1. The lowest BCUT2D eigenvalue weighted by Gasteiger charge is -2.31. The number of benzene rings is 1. The normalized spacial score (nSPS) is 23.9. The molecule has 4 N–H and O–H groups in total. The number of hydrogen-bond acceptors (Lipinski definition) is 12. The number of Topliss-reactive ketones (excluding diaryl/α,β-unsaturated/α-hetero) is 1. The summed E-state index contributed by atoms with van der Waals surface area (Å²) in [5, 5.41) is 11.5. The molecule has 6 atom stereocenters. The number of pyridine rings is 1. The number of hydrogen-bond donors (Lipinski definition) is 4. The van der Waals surface area contributed by atoms with E-state index in [2.05, 4.69) is 22.5 Å². The van der Waals surface area contributed by atoms with E-state index >= 15 is 0 Å². The minimum Gasteiger partial charge on any atom is -0.497 e. The summed E-state index contributed by atoms with van der Waals surface area (Å²) in [4.78, 5) is 63.8. The fourth-order valence-electron chi connectivity index (χ4n) is 7.78. The van der Waals surface area contributed by atoms with Crippen LogP contribution in [-0.4, -0.2) is 99.5 Å². The Bertz CT molecular complexity index is 1980. The number of methoxy groups -OCH3 is 1. The molecule has 2 aliphatic carbocycles. The first-order chi connectivity index (χ1) is 26.7. The van der Waals surface area contributed by atoms with Crippen LogP contribution in [0.25, 0.3) is 22.3 Å². The molecule has 3 fully saturated rings. The first-order valence-corrected chi connectivity index (χ1v) is 22.3. The molecule has 16 heteroatoms. The highest BCUT2D eigenvalue weighted by Crippen LogP contribution is 2.69. The highest BCUT2D eigenvalue weighted by molar-refractivity contribution is 7.60. The lowest BCUT2D eigenvalue weighted by molar-refractivity contribution is -0.140. The molecule has 14 nitrogen and oxygen atoms in total. The van der Waals surface area contributed by atoms with Gasteiger partial charge in [-0.1, -0.05) is 26.8 Å². The number of carbonyl (C=O) groups is 3. The molecule has 1 aliphatic heterocycles. The maximum atomic E-state index is 14.5. The van der Waals surface area contributed by atoms with Gasteiger partial charge in [0.1, 0.15) is 40.7 Å². The second kappa shape index (κ2) is 17.2. The third kappa shape index (κ3) is 8.91. The van der Waals surface area contributed by atoms with E-state index in [0.29, 0.717) is 40.2 Å². The molecule has 0 spiro atoms. The van der Waals surface area contributed by atoms with Crippen molar-refractivity contribution < 1.29 is 38.1 Å². The molecule has 2 saturated carbocycles. The van der Waals surface area contributed by atoms with Crippen molar-refractivity contribution in [1.29, 1.82) is 0 Å². The number of amides is 2. The van der Waals surface area contributed by atoms with Gasteiger partial charge in [-0.2, -0.15) is 0 Å². The van der Waals surface area contributed by atoms with Crippen molar-refractivity contribution in [3.05, 3.63) is 42.3 Å². The summed E-state index contributed by atoms with van der Waals surface area (Å²) in [7, 11) is -2.08. The van der Waals surface area contributed by atoms with Gasteiger partial charge in [-0.3, -0.25) is 19.5 Å². The zero-order valence-electron chi connectivity index (χ0n) is 33.1. The van der Waals surface area contributed by atoms with E-state index in [0.717, 1.165) is 30.8 Å². The third-order valence-electron chi connectivity index (χ3n) is 11.0. The van der Waals surface area contributed by atoms with E-state index < -0.39 is 42.8 Å². The number of aromatic nitrogens is 2. The number of nitrogens with one attached hydrogen (secondary N) is 3. The maximum Gasteiger partial charge on any atom is 0.408 e. The zero-order valence-corrected chi connectivity index (χ0v) is 34.8. The maximum absolute atomic E-state index is 14.5. The predicted octanol–water partition coefficient (Wildman–Crippen LogP) is 6.58. The molecule has 3 aromatic rings. The summed E-state index contributed by atoms with van der Waals surface area (Å²) < 4.78 is 31.2. The van der Waals surface area contributed by atoms with Crippen molar-refractivity contribution in [2.24, 2.45) is 11.8 Å². The van der Waals surface area contributed by atoms with Crippen LogP contribution in [0.4, 0.5) is 9.93 Å². The number of carbonyl (C=O) groups excluding carboxylic acids is 3. The summed E-state index contributed by atoms with van der Waals surface area (Å²) >= 11 is 1.47. The fraction of sp³-hybridized carbons (Fsp3) is 0.575. The molecule has 6 rings (SSSR count). The van der Waals surface area contributed by atoms with Crippen LogP contribution in [-0.2, 0) is 18.9 Å². The van der Waals surface area contributed by atoms with Crippen molar-refractivity contribution in [3.8, 4) is 22.9 Å². The lowest BCUT2D eigenvalue weighted by Crippen LogP contribution is -2.55. The van der Waals surface area contributed by atoms with Crippen LogP contribution in [0.2, 0.25) is 0 Å². The number of likely N-dealkylation sites (tertiary alicyclic amines) is 1. The standard InChI is InChI=1S/C40H55N6O8PS/c1-8-25-19-40(25,55(50,51)9-2)41-20-34(47)33-17-28(21-46(33)37(48)36(23(3)4)45-39(49)54-26-12-10-11-13-26)53-35-18-31(32-22-56-38(44-32)42-24(5)6)43-30-16-27(52-7)14-15-29(30)35/h8,14-16,18,22-26,28,33,36,41H,1,9-13,17,19-21H2,2-7H3,(H,42,44)(H,45,49)(H,50,51)/t25-,28-,33+,36?,40+/m1/s1. The number of nitrogens with zero attached hydrogens (tertiary/aromatic N) is 3.